The van der Waals surface area contributed by atoms with Gasteiger partial charge in [0.15, 0.2) is 0 Å². The Hall–Kier alpha value is 0.910. The van der Waals surface area contributed by atoms with Gasteiger partial charge in [-0.3, -0.25) is 0 Å². The van der Waals surface area contributed by atoms with E-state index in [4.69, 9.17) is 11.6 Å². The van der Waals surface area contributed by atoms with Crippen molar-refractivity contribution in [1.29, 1.82) is 0 Å². The molecule has 0 spiro atoms. The maximum atomic E-state index is 6.32. The largest absolute Gasteiger partial charge is 0.126 e. The summed E-state index contributed by atoms with van der Waals surface area (Å²) in [7, 11) is 7.79. The van der Waals surface area contributed by atoms with E-state index in [0.717, 1.165) is 11.8 Å². The molecule has 3 rings (SSSR count). The van der Waals surface area contributed by atoms with Crippen LogP contribution in [-0.2, 0) is 5.41 Å². The van der Waals surface area contributed by atoms with Crippen molar-refractivity contribution in [3.05, 3.63) is 9.75 Å². The summed E-state index contributed by atoms with van der Waals surface area (Å²) in [5.41, 5.74) is 0.672. The van der Waals surface area contributed by atoms with Crippen molar-refractivity contribution in [3.63, 3.8) is 0 Å². The Morgan fingerprint density at radius 1 is 1.33 bits per heavy atom. The zero-order valence-electron chi connectivity index (χ0n) is 8.71. The summed E-state index contributed by atoms with van der Waals surface area (Å²) in [6.45, 7) is 4.84. The Balaban J connectivity index is 2.29. The molecule has 0 nitrogen and oxygen atoms in total. The van der Waals surface area contributed by atoms with E-state index in [0.29, 0.717) is 10.8 Å². The smallest absolute Gasteiger partial charge is 0.0382 e. The van der Waals surface area contributed by atoms with Crippen LogP contribution in [0.25, 0.3) is 0 Å². The topological polar surface area (TPSA) is 0 Å². The van der Waals surface area contributed by atoms with Crippen molar-refractivity contribution in [2.24, 2.45) is 5.41 Å². The van der Waals surface area contributed by atoms with Crippen LogP contribution in [0.15, 0.2) is 0 Å². The minimum Gasteiger partial charge on any atom is -0.126 e. The van der Waals surface area contributed by atoms with Gasteiger partial charge in [0.25, 0.3) is 0 Å². The third-order valence-electron chi connectivity index (χ3n) is 4.44. The number of fused-ring (bicyclic) bond motifs is 5. The van der Waals surface area contributed by atoms with Gasteiger partial charge >= 0.3 is 0 Å². The molecule has 2 aliphatic rings. The lowest BCUT2D eigenvalue weighted by atomic mass is 9.70. The first-order chi connectivity index (χ1) is 7.13. The highest BCUT2D eigenvalue weighted by Crippen LogP contribution is 2.70. The van der Waals surface area contributed by atoms with Crippen LogP contribution in [0.1, 0.15) is 42.4 Å². The molecule has 2 aliphatic carbocycles. The highest BCUT2D eigenvalue weighted by molar-refractivity contribution is 8.07. The molecule has 0 N–H and O–H groups in total. The summed E-state index contributed by atoms with van der Waals surface area (Å²) >= 11 is 6.32. The Bertz CT molecular complexity index is 420. The maximum Gasteiger partial charge on any atom is 0.0382 e. The van der Waals surface area contributed by atoms with Gasteiger partial charge in [0.1, 0.15) is 0 Å². The van der Waals surface area contributed by atoms with Crippen molar-refractivity contribution < 1.29 is 0 Å². The van der Waals surface area contributed by atoms with Crippen LogP contribution in [0.4, 0.5) is 0 Å². The first kappa shape index (κ1) is 11.0. The molecule has 84 valence electrons. The fourth-order valence-electron chi connectivity index (χ4n) is 3.28. The van der Waals surface area contributed by atoms with Gasteiger partial charge < -0.3 is 0 Å². The number of rotatable bonds is 1. The number of hydrogen-bond donors (Lipinski definition) is 0. The Morgan fingerprint density at radius 2 is 2.07 bits per heavy atom. The van der Waals surface area contributed by atoms with Gasteiger partial charge in [0.05, 0.1) is 0 Å². The van der Waals surface area contributed by atoms with Crippen LogP contribution in [0.2, 0.25) is 0 Å². The molecule has 1 fully saturated rings. The second-order valence-electron chi connectivity index (χ2n) is 5.02. The fourth-order valence-corrected chi connectivity index (χ4v) is 11.6. The molecular weight excluding hydrogens is 284 g/mol. The molecule has 0 unspecified atom stereocenters. The molecule has 0 radical (unpaired) electrons. The van der Waals surface area contributed by atoms with Gasteiger partial charge in [-0.25, -0.2) is 0 Å². The van der Waals surface area contributed by atoms with E-state index in [1.165, 1.54) is 12.8 Å². The van der Waals surface area contributed by atoms with E-state index >= 15 is 0 Å². The number of alkyl halides is 1. The minimum atomic E-state index is 0.292. The Morgan fingerprint density at radius 3 is 2.80 bits per heavy atom. The van der Waals surface area contributed by atoms with Crippen LogP contribution in [0.3, 0.4) is 0 Å². The molecule has 1 aromatic rings. The van der Waals surface area contributed by atoms with Gasteiger partial charge in [0.2, 0.25) is 0 Å². The van der Waals surface area contributed by atoms with Crippen molar-refractivity contribution >= 4 is 51.0 Å². The molecule has 1 heterocycles. The summed E-state index contributed by atoms with van der Waals surface area (Å²) in [6, 6.07) is 0. The fraction of sp³-hybridized carbons (Fsp3) is 0.800. The van der Waals surface area contributed by atoms with E-state index in [-0.39, 0.29) is 0 Å². The normalized spacial score (nSPS) is 35.5. The predicted molar refractivity (Wildman–Crippen MR) is 73.7 cm³/mol. The summed E-state index contributed by atoms with van der Waals surface area (Å²) in [4.78, 5) is 3.27. The monoisotopic (exact) mass is 296 g/mol. The first-order valence-electron chi connectivity index (χ1n) is 5.12. The van der Waals surface area contributed by atoms with Crippen LogP contribution >= 0.6 is 51.0 Å². The van der Waals surface area contributed by atoms with Crippen LogP contribution in [0, 0.1) is 5.41 Å². The molecule has 0 saturated heterocycles. The Labute approximate surface area is 109 Å². The molecule has 1 aromatic heterocycles. The molecule has 5 heteroatoms. The SMILES string of the molecule is CC1(C)[C@@H]2CC[C@]1(CCl)c1ssssc12. The molecule has 0 amide bonds. The van der Waals surface area contributed by atoms with E-state index in [1.54, 1.807) is 9.75 Å². The number of hydrogen-bond acceptors (Lipinski definition) is 4. The van der Waals surface area contributed by atoms with Crippen molar-refractivity contribution in [2.75, 3.05) is 5.88 Å². The summed E-state index contributed by atoms with van der Waals surface area (Å²) in [5, 5.41) is 0. The number of halogens is 1. The summed E-state index contributed by atoms with van der Waals surface area (Å²) in [6.07, 6.45) is 2.64. The van der Waals surface area contributed by atoms with Gasteiger partial charge in [0, 0.05) is 27.0 Å². The zero-order valence-corrected chi connectivity index (χ0v) is 12.7. The Kier molecular flexibility index (Phi) is 2.54. The molecule has 2 bridgehead atoms. The highest BCUT2D eigenvalue weighted by Gasteiger charge is 2.62. The van der Waals surface area contributed by atoms with Crippen LogP contribution in [0.5, 0.6) is 0 Å². The third kappa shape index (κ3) is 1.18. The quantitative estimate of drug-likeness (QED) is 0.477. The lowest BCUT2D eigenvalue weighted by molar-refractivity contribution is 0.237. The highest BCUT2D eigenvalue weighted by atomic mass is 35.5. The minimum absolute atomic E-state index is 0.292. The van der Waals surface area contributed by atoms with E-state index in [9.17, 15) is 0 Å². The van der Waals surface area contributed by atoms with Crippen LogP contribution in [-0.4, -0.2) is 5.88 Å². The zero-order chi connectivity index (χ0) is 10.7. The maximum absolute atomic E-state index is 6.32. The lowest BCUT2D eigenvalue weighted by Gasteiger charge is -2.36. The van der Waals surface area contributed by atoms with Crippen LogP contribution < -0.4 is 0 Å². The van der Waals surface area contributed by atoms with Gasteiger partial charge in [-0.1, -0.05) is 34.5 Å². The first-order valence-corrected chi connectivity index (χ1v) is 10.5. The van der Waals surface area contributed by atoms with Gasteiger partial charge in [-0.15, -0.1) is 11.6 Å². The summed E-state index contributed by atoms with van der Waals surface area (Å²) in [5.74, 6) is 1.57. The van der Waals surface area contributed by atoms with Gasteiger partial charge in [-0.05, 0) is 36.9 Å². The molecule has 1 saturated carbocycles. The second-order valence-corrected chi connectivity index (χ2v) is 11.0. The summed E-state index contributed by atoms with van der Waals surface area (Å²) < 4.78 is 0. The van der Waals surface area contributed by atoms with Gasteiger partial charge in [-0.2, -0.15) is 0 Å². The predicted octanol–water partition coefficient (Wildman–Crippen LogP) is 5.45. The standard InChI is InChI=1S/C10H13ClS4/c1-9(2)6-3-4-10(9,5-11)8-7(6)12-14-15-13-8/h6H,3-5H2,1-2H3/t6-,10+/m1/s1. The molecule has 0 aromatic carbocycles. The average Bonchev–Trinajstić information content (AvgIpc) is 2.62. The average molecular weight is 297 g/mol. The van der Waals surface area contributed by atoms with E-state index in [1.807, 2.05) is 39.4 Å². The van der Waals surface area contributed by atoms with E-state index < -0.39 is 0 Å². The molecule has 0 aliphatic heterocycles. The molecule has 15 heavy (non-hydrogen) atoms. The third-order valence-corrected chi connectivity index (χ3v) is 11.5. The van der Waals surface area contributed by atoms with Crippen molar-refractivity contribution in [3.8, 4) is 0 Å². The second kappa shape index (κ2) is 3.45. The molecular formula is C10H13ClS4. The van der Waals surface area contributed by atoms with Crippen molar-refractivity contribution in [2.45, 2.75) is 38.0 Å². The lowest BCUT2D eigenvalue weighted by Crippen LogP contribution is -2.36. The van der Waals surface area contributed by atoms with Crippen molar-refractivity contribution in [1.82, 2.24) is 0 Å². The van der Waals surface area contributed by atoms with E-state index in [2.05, 4.69) is 13.8 Å². The molecule has 2 atom stereocenters.